The van der Waals surface area contributed by atoms with Gasteiger partial charge >= 0.3 is 0 Å². The molecular formula is C9H16N4O4. The number of ether oxygens (including phenoxy) is 1. The Bertz CT molecular complexity index is 361. The summed E-state index contributed by atoms with van der Waals surface area (Å²) in [6.07, 6.45) is -1.13. The molecule has 0 spiro atoms. The van der Waals surface area contributed by atoms with Crippen molar-refractivity contribution < 1.29 is 20.1 Å². The molecular weight excluding hydrogens is 228 g/mol. The Morgan fingerprint density at radius 3 is 2.88 bits per heavy atom. The largest absolute Gasteiger partial charge is 0.394 e. The second-order valence-electron chi connectivity index (χ2n) is 4.27. The Balaban J connectivity index is 2.16. The normalized spacial score (nSPS) is 41.8. The number of nitrogens with zero attached hydrogens (tertiary/aromatic N) is 3. The average molecular weight is 244 g/mol. The first-order chi connectivity index (χ1) is 7.96. The Hall–Kier alpha value is -1.22. The first-order valence-corrected chi connectivity index (χ1v) is 5.27. The van der Waals surface area contributed by atoms with E-state index in [1.807, 2.05) is 0 Å². The maximum absolute atomic E-state index is 9.75. The molecule has 2 aliphatic heterocycles. The molecule has 0 aromatic carbocycles. The van der Waals surface area contributed by atoms with Crippen molar-refractivity contribution in [2.45, 2.75) is 37.6 Å². The van der Waals surface area contributed by atoms with E-state index in [2.05, 4.69) is 9.98 Å². The summed E-state index contributed by atoms with van der Waals surface area (Å²) in [6, 6.07) is 0. The van der Waals surface area contributed by atoms with E-state index in [4.69, 9.17) is 15.6 Å². The lowest BCUT2D eigenvalue weighted by Crippen LogP contribution is -2.52. The van der Waals surface area contributed by atoms with E-state index >= 15 is 0 Å². The quantitative estimate of drug-likeness (QED) is 0.436. The summed E-state index contributed by atoms with van der Waals surface area (Å²) in [5.74, 6) is -0.0189. The van der Waals surface area contributed by atoms with E-state index < -0.39 is 24.3 Å². The van der Waals surface area contributed by atoms with Crippen LogP contribution in [-0.4, -0.2) is 63.4 Å². The van der Waals surface area contributed by atoms with Gasteiger partial charge in [0.1, 0.15) is 18.2 Å². The number of aliphatic imine (C=N–C) groups is 2. The first-order valence-electron chi connectivity index (χ1n) is 5.27. The molecule has 0 bridgehead atoms. The maximum atomic E-state index is 9.75. The minimum atomic E-state index is -1.21. The molecule has 2 heterocycles. The van der Waals surface area contributed by atoms with Crippen LogP contribution in [0.1, 0.15) is 13.3 Å². The number of aliphatic hydroxyl groups excluding tert-OH is 3. The van der Waals surface area contributed by atoms with Gasteiger partial charge in [-0.1, -0.05) is 0 Å². The van der Waals surface area contributed by atoms with E-state index in [9.17, 15) is 10.2 Å². The summed E-state index contributed by atoms with van der Waals surface area (Å²) < 4.78 is 5.52. The molecule has 1 fully saturated rings. The van der Waals surface area contributed by atoms with Gasteiger partial charge in [0.25, 0.3) is 0 Å². The molecule has 5 N–H and O–H groups in total. The smallest absolute Gasteiger partial charge is 0.232 e. The first kappa shape index (κ1) is 12.2. The van der Waals surface area contributed by atoms with Gasteiger partial charge in [0.15, 0.2) is 0 Å². The van der Waals surface area contributed by atoms with Crippen molar-refractivity contribution in [3.63, 3.8) is 0 Å². The SMILES string of the molecule is CC1(N2C=NC(N)=NC2O)CC(O)C(CO)O1. The Kier molecular flexibility index (Phi) is 3.04. The van der Waals surface area contributed by atoms with Crippen LogP contribution in [0.2, 0.25) is 0 Å². The van der Waals surface area contributed by atoms with Gasteiger partial charge < -0.3 is 25.8 Å². The molecule has 8 nitrogen and oxygen atoms in total. The van der Waals surface area contributed by atoms with Gasteiger partial charge in [-0.3, -0.25) is 4.90 Å². The number of rotatable bonds is 2. The summed E-state index contributed by atoms with van der Waals surface area (Å²) in [5, 5.41) is 28.5. The third-order valence-corrected chi connectivity index (χ3v) is 2.96. The fraction of sp³-hybridized carbons (Fsp3) is 0.778. The molecule has 4 atom stereocenters. The predicted octanol–water partition coefficient (Wildman–Crippen LogP) is -2.22. The fourth-order valence-electron chi connectivity index (χ4n) is 2.06. The van der Waals surface area contributed by atoms with Crippen LogP contribution in [0, 0.1) is 0 Å². The number of aliphatic hydroxyl groups is 3. The third-order valence-electron chi connectivity index (χ3n) is 2.96. The monoisotopic (exact) mass is 244 g/mol. The van der Waals surface area contributed by atoms with E-state index in [0.29, 0.717) is 0 Å². The molecule has 0 aromatic rings. The molecule has 1 saturated heterocycles. The van der Waals surface area contributed by atoms with Gasteiger partial charge in [-0.2, -0.15) is 4.99 Å². The van der Waals surface area contributed by atoms with Gasteiger partial charge in [0.05, 0.1) is 12.7 Å². The van der Waals surface area contributed by atoms with Crippen molar-refractivity contribution in [1.82, 2.24) is 4.90 Å². The maximum Gasteiger partial charge on any atom is 0.232 e. The molecule has 17 heavy (non-hydrogen) atoms. The molecule has 4 unspecified atom stereocenters. The lowest BCUT2D eigenvalue weighted by atomic mass is 10.1. The van der Waals surface area contributed by atoms with E-state index in [0.717, 1.165) is 0 Å². The molecule has 8 heteroatoms. The van der Waals surface area contributed by atoms with Gasteiger partial charge in [-0.25, -0.2) is 4.99 Å². The number of hydrogen-bond donors (Lipinski definition) is 4. The van der Waals surface area contributed by atoms with Crippen LogP contribution >= 0.6 is 0 Å². The molecule has 0 aromatic heterocycles. The molecule has 0 saturated carbocycles. The zero-order chi connectivity index (χ0) is 12.6. The minimum Gasteiger partial charge on any atom is -0.394 e. The van der Waals surface area contributed by atoms with Crippen molar-refractivity contribution in [3.05, 3.63) is 0 Å². The number of nitrogens with two attached hydrogens (primary N) is 1. The fourth-order valence-corrected chi connectivity index (χ4v) is 2.06. The van der Waals surface area contributed by atoms with E-state index in [1.54, 1.807) is 6.92 Å². The van der Waals surface area contributed by atoms with Crippen LogP contribution in [0.25, 0.3) is 0 Å². The van der Waals surface area contributed by atoms with Crippen molar-refractivity contribution in [2.24, 2.45) is 15.7 Å². The summed E-state index contributed by atoms with van der Waals surface area (Å²) in [5.41, 5.74) is 4.37. The highest BCUT2D eigenvalue weighted by molar-refractivity contribution is 5.87. The van der Waals surface area contributed by atoms with Crippen LogP contribution in [0.5, 0.6) is 0 Å². The van der Waals surface area contributed by atoms with Crippen molar-refractivity contribution >= 4 is 12.3 Å². The Morgan fingerprint density at radius 2 is 2.35 bits per heavy atom. The van der Waals surface area contributed by atoms with Gasteiger partial charge in [-0.15, -0.1) is 0 Å². The Morgan fingerprint density at radius 1 is 1.65 bits per heavy atom. The molecule has 0 aliphatic carbocycles. The number of hydrogen-bond acceptors (Lipinski definition) is 8. The average Bonchev–Trinajstić information content (AvgIpc) is 2.54. The van der Waals surface area contributed by atoms with Crippen LogP contribution < -0.4 is 5.73 Å². The van der Waals surface area contributed by atoms with Crippen molar-refractivity contribution in [1.29, 1.82) is 0 Å². The van der Waals surface area contributed by atoms with Crippen molar-refractivity contribution in [2.75, 3.05) is 6.61 Å². The van der Waals surface area contributed by atoms with Crippen molar-refractivity contribution in [3.8, 4) is 0 Å². The molecule has 2 aliphatic rings. The highest BCUT2D eigenvalue weighted by Crippen LogP contribution is 2.34. The lowest BCUT2D eigenvalue weighted by molar-refractivity contribution is -0.158. The minimum absolute atomic E-state index is 0.0189. The second-order valence-corrected chi connectivity index (χ2v) is 4.27. The van der Waals surface area contributed by atoms with Crippen LogP contribution in [0.15, 0.2) is 9.98 Å². The highest BCUT2D eigenvalue weighted by Gasteiger charge is 2.48. The molecule has 0 radical (unpaired) electrons. The summed E-state index contributed by atoms with van der Waals surface area (Å²) in [6.45, 7) is 1.39. The third kappa shape index (κ3) is 2.12. The topological polar surface area (TPSA) is 124 Å². The van der Waals surface area contributed by atoms with Gasteiger partial charge in [-0.05, 0) is 6.92 Å². The molecule has 96 valence electrons. The van der Waals surface area contributed by atoms with Gasteiger partial charge in [0, 0.05) is 6.42 Å². The Labute approximate surface area is 98.0 Å². The lowest BCUT2D eigenvalue weighted by Gasteiger charge is -2.38. The zero-order valence-corrected chi connectivity index (χ0v) is 9.39. The standard InChI is InChI=1S/C9H16N4O4/c1-9(2-5(15)6(3-14)17-9)13-4-11-7(10)12-8(13)16/h4-6,8,14-16H,2-3H2,1H3,(H2,10,12). The van der Waals surface area contributed by atoms with Crippen LogP contribution in [0.3, 0.4) is 0 Å². The highest BCUT2D eigenvalue weighted by atomic mass is 16.6. The zero-order valence-electron chi connectivity index (χ0n) is 9.39. The summed E-state index contributed by atoms with van der Waals surface area (Å²) in [4.78, 5) is 8.81. The van der Waals surface area contributed by atoms with Crippen LogP contribution in [0.4, 0.5) is 0 Å². The van der Waals surface area contributed by atoms with E-state index in [1.165, 1.54) is 11.2 Å². The van der Waals surface area contributed by atoms with E-state index in [-0.39, 0.29) is 19.0 Å². The second kappa shape index (κ2) is 4.22. The van der Waals surface area contributed by atoms with Gasteiger partial charge in [0.2, 0.25) is 12.3 Å². The molecule has 0 amide bonds. The molecule has 2 rings (SSSR count). The van der Waals surface area contributed by atoms with Crippen LogP contribution in [-0.2, 0) is 4.74 Å². The predicted molar refractivity (Wildman–Crippen MR) is 58.9 cm³/mol. The number of guanidine groups is 1. The summed E-state index contributed by atoms with van der Waals surface area (Å²) >= 11 is 0. The summed E-state index contributed by atoms with van der Waals surface area (Å²) in [7, 11) is 0.